The fourth-order valence-electron chi connectivity index (χ4n) is 1.28. The number of methoxy groups -OCH3 is 1. The second kappa shape index (κ2) is 5.26. The van der Waals surface area contributed by atoms with E-state index in [2.05, 4.69) is 4.74 Å². The molecule has 0 aliphatic carbocycles. The molecule has 0 amide bonds. The molecular weight excluding hydrogens is 210 g/mol. The maximum absolute atomic E-state index is 11.0. The molecule has 0 fully saturated rings. The molecule has 5 heteroatoms. The number of nitrogens with zero attached hydrogens (tertiary/aromatic N) is 1. The summed E-state index contributed by atoms with van der Waals surface area (Å²) in [5.41, 5.74) is 0.404. The van der Waals surface area contributed by atoms with Gasteiger partial charge >= 0.3 is 5.97 Å². The van der Waals surface area contributed by atoms with Gasteiger partial charge in [0.1, 0.15) is 6.10 Å². The van der Waals surface area contributed by atoms with E-state index in [1.165, 1.54) is 12.1 Å². The third-order valence-electron chi connectivity index (χ3n) is 2.14. The van der Waals surface area contributed by atoms with Gasteiger partial charge in [0, 0.05) is 5.56 Å². The second-order valence-corrected chi connectivity index (χ2v) is 3.11. The summed E-state index contributed by atoms with van der Waals surface area (Å²) in [6.45, 7) is 0. The number of hydrogen-bond acceptors (Lipinski definition) is 5. The van der Waals surface area contributed by atoms with Crippen LogP contribution in [0.5, 0.6) is 0 Å². The predicted molar refractivity (Wildman–Crippen MR) is 54.1 cm³/mol. The quantitative estimate of drug-likeness (QED) is 0.708. The molecule has 0 saturated heterocycles. The van der Waals surface area contributed by atoms with Gasteiger partial charge in [-0.1, -0.05) is 18.2 Å². The van der Waals surface area contributed by atoms with Crippen molar-refractivity contribution < 1.29 is 19.7 Å². The van der Waals surface area contributed by atoms with E-state index in [1.807, 2.05) is 6.07 Å². The first-order chi connectivity index (χ1) is 7.61. The van der Waals surface area contributed by atoms with Gasteiger partial charge in [0.05, 0.1) is 18.7 Å². The van der Waals surface area contributed by atoms with Crippen LogP contribution in [0, 0.1) is 11.3 Å². The molecule has 84 valence electrons. The highest BCUT2D eigenvalue weighted by Gasteiger charge is 2.27. The standard InChI is InChI=1S/C11H11NO4/c1-16-11(15)10(14)9(13)8-5-3-2-4-7(8)6-12/h2-5,9-10,13-14H,1H3. The van der Waals surface area contributed by atoms with Crippen molar-refractivity contribution in [2.75, 3.05) is 7.11 Å². The fraction of sp³-hybridized carbons (Fsp3) is 0.273. The number of benzene rings is 1. The number of nitriles is 1. The van der Waals surface area contributed by atoms with E-state index < -0.39 is 18.2 Å². The van der Waals surface area contributed by atoms with E-state index >= 15 is 0 Å². The molecule has 1 aromatic rings. The van der Waals surface area contributed by atoms with Gasteiger partial charge in [0.2, 0.25) is 0 Å². The van der Waals surface area contributed by atoms with Gasteiger partial charge in [-0.3, -0.25) is 0 Å². The van der Waals surface area contributed by atoms with Gasteiger partial charge in [0.15, 0.2) is 6.10 Å². The number of esters is 1. The van der Waals surface area contributed by atoms with E-state index in [-0.39, 0.29) is 11.1 Å². The lowest BCUT2D eigenvalue weighted by atomic mass is 9.99. The summed E-state index contributed by atoms with van der Waals surface area (Å²) in [5, 5.41) is 27.9. The zero-order valence-electron chi connectivity index (χ0n) is 8.62. The molecule has 5 nitrogen and oxygen atoms in total. The Kier molecular flexibility index (Phi) is 4.00. The average molecular weight is 221 g/mol. The molecule has 16 heavy (non-hydrogen) atoms. The Hall–Kier alpha value is -1.90. The largest absolute Gasteiger partial charge is 0.467 e. The molecule has 1 rings (SSSR count). The minimum Gasteiger partial charge on any atom is -0.467 e. The highest BCUT2D eigenvalue weighted by molar-refractivity contribution is 5.75. The monoisotopic (exact) mass is 221 g/mol. The molecule has 0 saturated carbocycles. The Morgan fingerprint density at radius 1 is 1.44 bits per heavy atom. The number of carbonyl (C=O) groups is 1. The molecule has 0 bridgehead atoms. The predicted octanol–water partition coefficient (Wildman–Crippen LogP) is 0.126. The summed E-state index contributed by atoms with van der Waals surface area (Å²) >= 11 is 0. The Balaban J connectivity index is 3.01. The topological polar surface area (TPSA) is 90.6 Å². The zero-order valence-corrected chi connectivity index (χ0v) is 8.62. The van der Waals surface area contributed by atoms with E-state index in [0.717, 1.165) is 7.11 Å². The number of aliphatic hydroxyl groups is 2. The van der Waals surface area contributed by atoms with Crippen molar-refractivity contribution in [1.82, 2.24) is 0 Å². The molecule has 1 aromatic carbocycles. The lowest BCUT2D eigenvalue weighted by Gasteiger charge is -2.16. The van der Waals surface area contributed by atoms with Gasteiger partial charge < -0.3 is 14.9 Å². The van der Waals surface area contributed by atoms with E-state index in [9.17, 15) is 15.0 Å². The van der Waals surface area contributed by atoms with Crippen LogP contribution in [0.25, 0.3) is 0 Å². The maximum Gasteiger partial charge on any atom is 0.337 e. The molecule has 0 aromatic heterocycles. The molecule has 0 radical (unpaired) electrons. The minimum absolute atomic E-state index is 0.197. The van der Waals surface area contributed by atoms with Crippen LogP contribution < -0.4 is 0 Å². The van der Waals surface area contributed by atoms with Crippen LogP contribution in [0.4, 0.5) is 0 Å². The van der Waals surface area contributed by atoms with Gasteiger partial charge in [-0.05, 0) is 6.07 Å². The summed E-state index contributed by atoms with van der Waals surface area (Å²) in [4.78, 5) is 11.0. The van der Waals surface area contributed by atoms with E-state index in [0.29, 0.717) is 0 Å². The Morgan fingerprint density at radius 3 is 2.62 bits per heavy atom. The fourth-order valence-corrected chi connectivity index (χ4v) is 1.28. The molecule has 0 aliphatic rings. The summed E-state index contributed by atoms with van der Waals surface area (Å²) < 4.78 is 4.30. The molecule has 2 atom stereocenters. The summed E-state index contributed by atoms with van der Waals surface area (Å²) in [6, 6.07) is 8.05. The molecule has 2 unspecified atom stereocenters. The first kappa shape index (κ1) is 12.2. The minimum atomic E-state index is -1.69. The Morgan fingerprint density at radius 2 is 2.06 bits per heavy atom. The SMILES string of the molecule is COC(=O)C(O)C(O)c1ccccc1C#N. The van der Waals surface area contributed by atoms with Crippen LogP contribution in [-0.4, -0.2) is 29.4 Å². The van der Waals surface area contributed by atoms with Gasteiger partial charge in [0.25, 0.3) is 0 Å². The summed E-state index contributed by atoms with van der Waals surface area (Å²) in [6.07, 6.45) is -3.16. The van der Waals surface area contributed by atoms with Crippen LogP contribution in [0.15, 0.2) is 24.3 Å². The first-order valence-corrected chi connectivity index (χ1v) is 4.54. The molecule has 0 heterocycles. The van der Waals surface area contributed by atoms with Gasteiger partial charge in [-0.25, -0.2) is 4.79 Å². The van der Waals surface area contributed by atoms with Crippen LogP contribution >= 0.6 is 0 Å². The van der Waals surface area contributed by atoms with Crippen LogP contribution in [-0.2, 0) is 9.53 Å². The number of aliphatic hydroxyl groups excluding tert-OH is 2. The van der Waals surface area contributed by atoms with Gasteiger partial charge in [-0.2, -0.15) is 5.26 Å². The van der Waals surface area contributed by atoms with Crippen molar-refractivity contribution in [3.8, 4) is 6.07 Å². The lowest BCUT2D eigenvalue weighted by Crippen LogP contribution is -2.29. The Bertz CT molecular complexity index is 424. The van der Waals surface area contributed by atoms with Crippen LogP contribution in [0.2, 0.25) is 0 Å². The number of carbonyl (C=O) groups excluding carboxylic acids is 1. The molecule has 2 N–H and O–H groups in total. The van der Waals surface area contributed by atoms with Crippen molar-refractivity contribution in [3.63, 3.8) is 0 Å². The van der Waals surface area contributed by atoms with Crippen molar-refractivity contribution in [2.45, 2.75) is 12.2 Å². The van der Waals surface area contributed by atoms with Gasteiger partial charge in [-0.15, -0.1) is 0 Å². The normalized spacial score (nSPS) is 13.6. The summed E-state index contributed by atoms with van der Waals surface area (Å²) in [5.74, 6) is -0.944. The third-order valence-corrected chi connectivity index (χ3v) is 2.14. The van der Waals surface area contributed by atoms with Crippen molar-refractivity contribution in [2.24, 2.45) is 0 Å². The number of hydrogen-bond donors (Lipinski definition) is 2. The Labute approximate surface area is 92.5 Å². The molecular formula is C11H11NO4. The van der Waals surface area contributed by atoms with Crippen LogP contribution in [0.1, 0.15) is 17.2 Å². The first-order valence-electron chi connectivity index (χ1n) is 4.54. The van der Waals surface area contributed by atoms with Crippen LogP contribution in [0.3, 0.4) is 0 Å². The summed E-state index contributed by atoms with van der Waals surface area (Å²) in [7, 11) is 1.11. The highest BCUT2D eigenvalue weighted by Crippen LogP contribution is 2.21. The van der Waals surface area contributed by atoms with E-state index in [1.54, 1.807) is 12.1 Å². The van der Waals surface area contributed by atoms with Crippen molar-refractivity contribution >= 4 is 5.97 Å². The zero-order chi connectivity index (χ0) is 12.1. The lowest BCUT2D eigenvalue weighted by molar-refractivity contribution is -0.156. The average Bonchev–Trinajstić information content (AvgIpc) is 2.35. The number of rotatable bonds is 3. The van der Waals surface area contributed by atoms with E-state index in [4.69, 9.17) is 5.26 Å². The smallest absolute Gasteiger partial charge is 0.337 e. The molecule has 0 aliphatic heterocycles. The second-order valence-electron chi connectivity index (χ2n) is 3.11. The third kappa shape index (κ3) is 2.37. The number of ether oxygens (including phenoxy) is 1. The van der Waals surface area contributed by atoms with Crippen molar-refractivity contribution in [3.05, 3.63) is 35.4 Å². The van der Waals surface area contributed by atoms with Crippen molar-refractivity contribution in [1.29, 1.82) is 5.26 Å². The molecule has 0 spiro atoms. The highest BCUT2D eigenvalue weighted by atomic mass is 16.5. The maximum atomic E-state index is 11.0.